The highest BCUT2D eigenvalue weighted by Gasteiger charge is 2.20. The van der Waals surface area contributed by atoms with E-state index in [-0.39, 0.29) is 0 Å². The molecule has 5 nitrogen and oxygen atoms in total. The number of benzene rings is 8. The van der Waals surface area contributed by atoms with Crippen LogP contribution in [0.15, 0.2) is 185 Å². The summed E-state index contributed by atoms with van der Waals surface area (Å²) >= 11 is 0. The molecule has 12 aromatic rings. The van der Waals surface area contributed by atoms with E-state index in [0.717, 1.165) is 93.9 Å². The maximum atomic E-state index is 6.64. The molecule has 0 fully saturated rings. The number of furan rings is 1. The zero-order valence-corrected chi connectivity index (χ0v) is 28.9. The van der Waals surface area contributed by atoms with E-state index in [1.807, 2.05) is 30.3 Å². The number of aromatic nitrogens is 3. The van der Waals surface area contributed by atoms with Gasteiger partial charge in [-0.15, -0.1) is 0 Å². The van der Waals surface area contributed by atoms with Gasteiger partial charge in [0.15, 0.2) is 5.58 Å². The van der Waals surface area contributed by atoms with Crippen LogP contribution in [0, 0.1) is 0 Å². The van der Waals surface area contributed by atoms with Gasteiger partial charge < -0.3 is 18.0 Å². The Kier molecular flexibility index (Phi) is 5.99. The Hall–Kier alpha value is -7.37. The van der Waals surface area contributed by atoms with E-state index >= 15 is 0 Å². The van der Waals surface area contributed by atoms with Crippen molar-refractivity contribution in [3.63, 3.8) is 0 Å². The van der Waals surface area contributed by atoms with Crippen LogP contribution in [0.2, 0.25) is 0 Å². The van der Waals surface area contributed by atoms with Gasteiger partial charge in [-0.05, 0) is 108 Å². The Bertz CT molecular complexity index is 3400. The Balaban J connectivity index is 1.03. The molecule has 5 heteroatoms. The first-order chi connectivity index (χ1) is 26.8. The van der Waals surface area contributed by atoms with E-state index in [4.69, 9.17) is 13.8 Å². The molecule has 0 aliphatic heterocycles. The Labute approximate surface area is 308 Å². The molecule has 0 aliphatic carbocycles. The van der Waals surface area contributed by atoms with Crippen LogP contribution in [0.5, 0.6) is 0 Å². The van der Waals surface area contributed by atoms with Crippen molar-refractivity contribution < 1.29 is 8.83 Å². The highest BCUT2D eigenvalue weighted by Crippen LogP contribution is 2.42. The van der Waals surface area contributed by atoms with Crippen molar-refractivity contribution in [2.45, 2.75) is 0 Å². The zero-order valence-electron chi connectivity index (χ0n) is 28.9. The maximum absolute atomic E-state index is 6.64. The molecule has 0 bridgehead atoms. The topological polar surface area (TPSA) is 49.0 Å². The molecule has 0 N–H and O–H groups in total. The molecule has 4 aromatic heterocycles. The second-order valence-electron chi connectivity index (χ2n) is 14.0. The van der Waals surface area contributed by atoms with E-state index in [0.29, 0.717) is 5.89 Å². The second-order valence-corrected chi connectivity index (χ2v) is 14.0. The fourth-order valence-corrected chi connectivity index (χ4v) is 8.50. The molecule has 12 rings (SSSR count). The number of hydrogen-bond donors (Lipinski definition) is 0. The molecule has 4 heterocycles. The third kappa shape index (κ3) is 4.18. The number of fused-ring (bicyclic) bond motifs is 11. The molecule has 8 aromatic carbocycles. The van der Waals surface area contributed by atoms with Crippen molar-refractivity contribution in [3.8, 4) is 34.0 Å². The van der Waals surface area contributed by atoms with Gasteiger partial charge in [-0.2, -0.15) is 0 Å². The van der Waals surface area contributed by atoms with Crippen LogP contribution >= 0.6 is 0 Å². The number of para-hydroxylation sites is 5. The van der Waals surface area contributed by atoms with Gasteiger partial charge in [-0.25, -0.2) is 4.98 Å². The SMILES string of the molecule is c1ccc(-n2c3ccc(-c4ccc5c(c4)c4ccccc4n5-c4ccc(-c5nc6ccccc6o5)cc4)cc3c3c4oc5ccccc5c4ccc32)cc1. The maximum Gasteiger partial charge on any atom is 0.227 e. The molecule has 0 unspecified atom stereocenters. The first kappa shape index (κ1) is 29.2. The summed E-state index contributed by atoms with van der Waals surface area (Å²) in [6.07, 6.45) is 0. The second kappa shape index (κ2) is 11.1. The van der Waals surface area contributed by atoms with Crippen molar-refractivity contribution in [1.82, 2.24) is 14.1 Å². The predicted octanol–water partition coefficient (Wildman–Crippen LogP) is 13.3. The molecule has 0 spiro atoms. The van der Waals surface area contributed by atoms with E-state index in [2.05, 4.69) is 155 Å². The number of nitrogens with zero attached hydrogens (tertiary/aromatic N) is 3. The lowest BCUT2D eigenvalue weighted by Crippen LogP contribution is -1.94. The summed E-state index contributed by atoms with van der Waals surface area (Å²) in [5.41, 5.74) is 13.5. The fraction of sp³-hybridized carbons (Fsp3) is 0. The first-order valence-corrected chi connectivity index (χ1v) is 18.2. The molecular weight excluding hydrogens is 663 g/mol. The average molecular weight is 692 g/mol. The smallest absolute Gasteiger partial charge is 0.227 e. The molecule has 0 atom stereocenters. The van der Waals surface area contributed by atoms with Gasteiger partial charge >= 0.3 is 0 Å². The summed E-state index contributed by atoms with van der Waals surface area (Å²) in [7, 11) is 0. The largest absolute Gasteiger partial charge is 0.455 e. The van der Waals surface area contributed by atoms with Gasteiger partial charge in [-0.3, -0.25) is 0 Å². The van der Waals surface area contributed by atoms with Gasteiger partial charge in [0, 0.05) is 43.9 Å². The third-order valence-electron chi connectivity index (χ3n) is 11.0. The van der Waals surface area contributed by atoms with Crippen LogP contribution in [-0.2, 0) is 0 Å². The normalized spacial score (nSPS) is 12.1. The van der Waals surface area contributed by atoms with Gasteiger partial charge in [0.2, 0.25) is 5.89 Å². The minimum atomic E-state index is 0.625. The summed E-state index contributed by atoms with van der Waals surface area (Å²) in [4.78, 5) is 4.71. The summed E-state index contributed by atoms with van der Waals surface area (Å²) < 4.78 is 17.4. The van der Waals surface area contributed by atoms with Crippen LogP contribution in [0.4, 0.5) is 0 Å². The Morgan fingerprint density at radius 3 is 1.78 bits per heavy atom. The van der Waals surface area contributed by atoms with Crippen molar-refractivity contribution in [2.75, 3.05) is 0 Å². The average Bonchev–Trinajstić information content (AvgIpc) is 4.00. The van der Waals surface area contributed by atoms with Gasteiger partial charge in [0.25, 0.3) is 0 Å². The lowest BCUT2D eigenvalue weighted by atomic mass is 10.00. The minimum Gasteiger partial charge on any atom is -0.455 e. The summed E-state index contributed by atoms with van der Waals surface area (Å²) in [6.45, 7) is 0. The molecule has 0 amide bonds. The molecule has 0 aliphatic rings. The van der Waals surface area contributed by atoms with E-state index in [1.54, 1.807) is 0 Å². The van der Waals surface area contributed by atoms with Crippen molar-refractivity contribution in [1.29, 1.82) is 0 Å². The molecule has 0 radical (unpaired) electrons. The van der Waals surface area contributed by atoms with Gasteiger partial charge in [0.05, 0.1) is 27.5 Å². The summed E-state index contributed by atoms with van der Waals surface area (Å²) in [5.74, 6) is 0.625. The van der Waals surface area contributed by atoms with E-state index in [9.17, 15) is 0 Å². The molecule has 54 heavy (non-hydrogen) atoms. The molecular formula is C49H29N3O2. The van der Waals surface area contributed by atoms with Crippen LogP contribution in [0.1, 0.15) is 0 Å². The fourth-order valence-electron chi connectivity index (χ4n) is 8.50. The lowest BCUT2D eigenvalue weighted by Gasteiger charge is -2.09. The standard InChI is InChI=1S/C49H29N3O2/c1-2-10-33(11-3-1)52-43-26-21-32(29-39(43)47-44(52)27-24-37-36-13-5-8-16-45(36)53-48(37)47)31-20-25-42-38(28-31)35-12-4-7-15-41(35)51(42)34-22-18-30(19-23-34)49-50-40-14-6-9-17-46(40)54-49/h1-29H. The Morgan fingerprint density at radius 1 is 0.370 bits per heavy atom. The zero-order chi connectivity index (χ0) is 35.3. The number of hydrogen-bond acceptors (Lipinski definition) is 3. The number of oxazole rings is 1. The van der Waals surface area contributed by atoms with Crippen molar-refractivity contribution >= 4 is 76.6 Å². The molecule has 252 valence electrons. The van der Waals surface area contributed by atoms with Crippen molar-refractivity contribution in [2.24, 2.45) is 0 Å². The monoisotopic (exact) mass is 691 g/mol. The predicted molar refractivity (Wildman–Crippen MR) is 221 cm³/mol. The molecule has 0 saturated heterocycles. The quantitative estimate of drug-likeness (QED) is 0.185. The van der Waals surface area contributed by atoms with Crippen LogP contribution in [0.25, 0.3) is 111 Å². The number of rotatable bonds is 4. The minimum absolute atomic E-state index is 0.625. The highest BCUT2D eigenvalue weighted by atomic mass is 16.3. The molecule has 0 saturated carbocycles. The van der Waals surface area contributed by atoms with Crippen LogP contribution in [0.3, 0.4) is 0 Å². The van der Waals surface area contributed by atoms with Crippen LogP contribution < -0.4 is 0 Å². The third-order valence-corrected chi connectivity index (χ3v) is 11.0. The van der Waals surface area contributed by atoms with Gasteiger partial charge in [0.1, 0.15) is 16.7 Å². The van der Waals surface area contributed by atoms with Crippen LogP contribution in [-0.4, -0.2) is 14.1 Å². The lowest BCUT2D eigenvalue weighted by molar-refractivity contribution is 0.620. The van der Waals surface area contributed by atoms with Gasteiger partial charge in [-0.1, -0.05) is 78.9 Å². The van der Waals surface area contributed by atoms with E-state index in [1.165, 1.54) is 10.8 Å². The van der Waals surface area contributed by atoms with E-state index < -0.39 is 0 Å². The summed E-state index contributed by atoms with van der Waals surface area (Å²) in [5, 5.41) is 6.97. The highest BCUT2D eigenvalue weighted by molar-refractivity contribution is 6.24. The van der Waals surface area contributed by atoms with Crippen molar-refractivity contribution in [3.05, 3.63) is 176 Å². The summed E-state index contributed by atoms with van der Waals surface area (Å²) in [6, 6.07) is 62.1. The Morgan fingerprint density at radius 2 is 0.963 bits per heavy atom. The first-order valence-electron chi connectivity index (χ1n) is 18.2.